The molecule has 0 spiro atoms. The molecule has 6 heteroatoms. The van der Waals surface area contributed by atoms with E-state index in [2.05, 4.69) is 5.10 Å². The lowest BCUT2D eigenvalue weighted by Crippen LogP contribution is -2.18. The number of nitrogens with one attached hydrogen (secondary N) is 1. The molecule has 2 aromatic rings. The first-order valence-corrected chi connectivity index (χ1v) is 5.55. The topological polar surface area (TPSA) is 37.8 Å². The number of hydrogen-bond donors (Lipinski definition) is 1. The van der Waals surface area contributed by atoms with Gasteiger partial charge in [-0.1, -0.05) is 0 Å². The Morgan fingerprint density at radius 3 is 2.39 bits per heavy atom. The summed E-state index contributed by atoms with van der Waals surface area (Å²) in [5.74, 6) is -4.16. The molecule has 1 aromatic heterocycles. The zero-order valence-electron chi connectivity index (χ0n) is 9.27. The second kappa shape index (κ2) is 3.76. The number of benzene rings is 1. The molecule has 3 rings (SSSR count). The van der Waals surface area contributed by atoms with Crippen molar-refractivity contribution in [3.63, 3.8) is 0 Å². The molecular weight excluding hydrogens is 245 g/mol. The summed E-state index contributed by atoms with van der Waals surface area (Å²) in [5.41, 5.74) is 1.06. The minimum atomic E-state index is -1.54. The lowest BCUT2D eigenvalue weighted by atomic mass is 10.2. The van der Waals surface area contributed by atoms with E-state index in [4.69, 9.17) is 0 Å². The van der Waals surface area contributed by atoms with Crippen LogP contribution in [-0.4, -0.2) is 9.78 Å². The quantitative estimate of drug-likeness (QED) is 0.777. The van der Waals surface area contributed by atoms with Gasteiger partial charge in [-0.2, -0.15) is 0 Å². The van der Waals surface area contributed by atoms with Crippen LogP contribution in [0.4, 0.5) is 13.2 Å². The average Bonchev–Trinajstić information content (AvgIpc) is 2.89. The lowest BCUT2D eigenvalue weighted by molar-refractivity contribution is 0.445. The minimum absolute atomic E-state index is 0.0363. The zero-order chi connectivity index (χ0) is 12.9. The fourth-order valence-corrected chi connectivity index (χ4v) is 2.28. The molecule has 1 heterocycles. The van der Waals surface area contributed by atoms with Gasteiger partial charge in [0.2, 0.25) is 0 Å². The highest BCUT2D eigenvalue weighted by Crippen LogP contribution is 2.20. The highest BCUT2D eigenvalue weighted by Gasteiger charge is 2.21. The summed E-state index contributed by atoms with van der Waals surface area (Å²) >= 11 is 0. The van der Waals surface area contributed by atoms with Gasteiger partial charge < -0.3 is 0 Å². The van der Waals surface area contributed by atoms with Crippen molar-refractivity contribution in [3.05, 3.63) is 51.2 Å². The second-order valence-electron chi connectivity index (χ2n) is 4.29. The molecule has 1 N–H and O–H groups in total. The van der Waals surface area contributed by atoms with Crippen molar-refractivity contribution in [2.75, 3.05) is 0 Å². The molecule has 94 valence electrons. The normalized spacial score (nSPS) is 13.9. The smallest absolute Gasteiger partial charge is 0.274 e. The van der Waals surface area contributed by atoms with Gasteiger partial charge in [-0.3, -0.25) is 9.89 Å². The van der Waals surface area contributed by atoms with Gasteiger partial charge in [0.05, 0.1) is 5.69 Å². The van der Waals surface area contributed by atoms with Crippen LogP contribution in [0.25, 0.3) is 5.69 Å². The monoisotopic (exact) mass is 254 g/mol. The van der Waals surface area contributed by atoms with Crippen molar-refractivity contribution in [1.29, 1.82) is 0 Å². The summed E-state index contributed by atoms with van der Waals surface area (Å²) in [7, 11) is 0. The van der Waals surface area contributed by atoms with Crippen molar-refractivity contribution in [2.24, 2.45) is 0 Å². The molecule has 0 saturated carbocycles. The number of nitrogens with zero attached hydrogens (tertiary/aromatic N) is 1. The number of H-pyrrole nitrogens is 1. The molecule has 0 saturated heterocycles. The van der Waals surface area contributed by atoms with Crippen LogP contribution in [0.2, 0.25) is 0 Å². The highest BCUT2D eigenvalue weighted by atomic mass is 19.2. The third-order valence-electron chi connectivity index (χ3n) is 3.15. The summed E-state index contributed by atoms with van der Waals surface area (Å²) in [6.07, 6.45) is 2.29. The second-order valence-corrected chi connectivity index (χ2v) is 4.29. The van der Waals surface area contributed by atoms with E-state index in [0.717, 1.165) is 35.4 Å². The molecule has 0 bridgehead atoms. The van der Waals surface area contributed by atoms with Gasteiger partial charge in [0.25, 0.3) is 5.56 Å². The van der Waals surface area contributed by atoms with E-state index in [1.54, 1.807) is 0 Å². The molecule has 0 fully saturated rings. The van der Waals surface area contributed by atoms with E-state index in [9.17, 15) is 18.0 Å². The number of aryl methyl sites for hydroxylation is 1. The number of aromatic amines is 1. The van der Waals surface area contributed by atoms with Gasteiger partial charge in [-0.25, -0.2) is 17.9 Å². The minimum Gasteiger partial charge on any atom is -0.295 e. The van der Waals surface area contributed by atoms with Crippen molar-refractivity contribution < 1.29 is 13.2 Å². The Bertz CT molecular complexity index is 664. The Kier molecular flexibility index (Phi) is 2.33. The molecule has 0 unspecified atom stereocenters. The van der Waals surface area contributed by atoms with Crippen LogP contribution in [0.15, 0.2) is 16.9 Å². The van der Waals surface area contributed by atoms with E-state index in [1.807, 2.05) is 0 Å². The first-order valence-electron chi connectivity index (χ1n) is 5.55. The number of hydrogen-bond acceptors (Lipinski definition) is 1. The van der Waals surface area contributed by atoms with Gasteiger partial charge >= 0.3 is 0 Å². The third-order valence-corrected chi connectivity index (χ3v) is 3.15. The largest absolute Gasteiger partial charge is 0.295 e. The van der Waals surface area contributed by atoms with Crippen LogP contribution in [0.1, 0.15) is 17.7 Å². The van der Waals surface area contributed by atoms with E-state index in [0.29, 0.717) is 12.0 Å². The van der Waals surface area contributed by atoms with E-state index >= 15 is 0 Å². The number of halogens is 3. The Balaban J connectivity index is 2.19. The first-order chi connectivity index (χ1) is 8.58. The molecule has 0 aliphatic heterocycles. The van der Waals surface area contributed by atoms with Gasteiger partial charge in [-0.15, -0.1) is 0 Å². The Morgan fingerprint density at radius 2 is 1.78 bits per heavy atom. The molecule has 1 aromatic carbocycles. The van der Waals surface area contributed by atoms with Gasteiger partial charge in [-0.05, 0) is 19.3 Å². The van der Waals surface area contributed by atoms with Crippen LogP contribution in [0.5, 0.6) is 0 Å². The molecule has 3 nitrogen and oxygen atoms in total. The SMILES string of the molecule is O=c1c2c([nH]n1-c1cc(F)c(F)c(F)c1)CCC2. The van der Waals surface area contributed by atoms with Crippen molar-refractivity contribution in [1.82, 2.24) is 9.78 Å². The molecular formula is C12H9F3N2O. The predicted octanol–water partition coefficient (Wildman–Crippen LogP) is 2.07. The van der Waals surface area contributed by atoms with Crippen LogP contribution < -0.4 is 5.56 Å². The fraction of sp³-hybridized carbons (Fsp3) is 0.250. The Hall–Kier alpha value is -1.98. The highest BCUT2D eigenvalue weighted by molar-refractivity contribution is 5.35. The Labute approximate surface area is 99.8 Å². The maximum absolute atomic E-state index is 13.1. The maximum Gasteiger partial charge on any atom is 0.274 e. The predicted molar refractivity (Wildman–Crippen MR) is 58.3 cm³/mol. The average molecular weight is 254 g/mol. The van der Waals surface area contributed by atoms with Crippen LogP contribution in [0.3, 0.4) is 0 Å². The lowest BCUT2D eigenvalue weighted by Gasteiger charge is -2.04. The van der Waals surface area contributed by atoms with Crippen LogP contribution >= 0.6 is 0 Å². The number of fused-ring (bicyclic) bond motifs is 1. The standard InChI is InChI=1S/C12H9F3N2O/c13-8-4-6(5-9(14)11(8)15)17-12(18)7-2-1-3-10(7)16-17/h4-5,16H,1-3H2. The molecule has 0 atom stereocenters. The number of rotatable bonds is 1. The summed E-state index contributed by atoms with van der Waals surface area (Å²) in [5, 5.41) is 2.80. The van der Waals surface area contributed by atoms with E-state index in [1.165, 1.54) is 0 Å². The van der Waals surface area contributed by atoms with Gasteiger partial charge in [0, 0.05) is 23.4 Å². The van der Waals surface area contributed by atoms with Gasteiger partial charge in [0.15, 0.2) is 17.5 Å². The molecule has 1 aliphatic rings. The summed E-state index contributed by atoms with van der Waals surface area (Å²) in [6.45, 7) is 0. The molecule has 1 aliphatic carbocycles. The summed E-state index contributed by atoms with van der Waals surface area (Å²) < 4.78 is 40.1. The maximum atomic E-state index is 13.1. The Morgan fingerprint density at radius 1 is 1.11 bits per heavy atom. The van der Waals surface area contributed by atoms with Crippen LogP contribution in [-0.2, 0) is 12.8 Å². The van der Waals surface area contributed by atoms with E-state index in [-0.39, 0.29) is 11.2 Å². The van der Waals surface area contributed by atoms with Gasteiger partial charge in [0.1, 0.15) is 0 Å². The first kappa shape index (κ1) is 11.1. The third kappa shape index (κ3) is 1.48. The fourth-order valence-electron chi connectivity index (χ4n) is 2.28. The summed E-state index contributed by atoms with van der Waals surface area (Å²) in [6, 6.07) is 1.59. The van der Waals surface area contributed by atoms with Crippen LogP contribution in [0, 0.1) is 17.5 Å². The zero-order valence-corrected chi connectivity index (χ0v) is 9.27. The number of aromatic nitrogens is 2. The van der Waals surface area contributed by atoms with Crippen molar-refractivity contribution >= 4 is 0 Å². The van der Waals surface area contributed by atoms with Crippen molar-refractivity contribution in [3.8, 4) is 5.69 Å². The van der Waals surface area contributed by atoms with Crippen molar-refractivity contribution in [2.45, 2.75) is 19.3 Å². The van der Waals surface area contributed by atoms with E-state index < -0.39 is 17.5 Å². The summed E-state index contributed by atoms with van der Waals surface area (Å²) in [4.78, 5) is 12.0. The molecule has 18 heavy (non-hydrogen) atoms. The molecule has 0 radical (unpaired) electrons. The molecule has 0 amide bonds.